The molecule has 106 valence electrons. The van der Waals surface area contributed by atoms with Crippen LogP contribution in [0.4, 0.5) is 22.0 Å². The van der Waals surface area contributed by atoms with Gasteiger partial charge in [-0.2, -0.15) is 0 Å². The highest BCUT2D eigenvalue weighted by molar-refractivity contribution is 9.10. The molecule has 7 heteroatoms. The summed E-state index contributed by atoms with van der Waals surface area (Å²) in [6.45, 7) is 0. The lowest BCUT2D eigenvalue weighted by Gasteiger charge is -2.16. The summed E-state index contributed by atoms with van der Waals surface area (Å²) >= 11 is 2.77. The summed E-state index contributed by atoms with van der Waals surface area (Å²) in [5.41, 5.74) is 4.40. The van der Waals surface area contributed by atoms with E-state index in [2.05, 4.69) is 15.9 Å². The first kappa shape index (κ1) is 14.9. The van der Waals surface area contributed by atoms with E-state index in [1.807, 2.05) is 0 Å². The fourth-order valence-electron chi connectivity index (χ4n) is 1.78. The summed E-state index contributed by atoms with van der Waals surface area (Å²) in [6, 6.07) is 0.769. The zero-order valence-corrected chi connectivity index (χ0v) is 11.3. The molecule has 0 aliphatic carbocycles. The maximum absolute atomic E-state index is 13.7. The second-order valence-electron chi connectivity index (χ2n) is 4.05. The molecule has 0 heterocycles. The molecule has 0 aliphatic rings. The van der Waals surface area contributed by atoms with Gasteiger partial charge in [0.05, 0.1) is 10.5 Å². The molecule has 20 heavy (non-hydrogen) atoms. The minimum Gasteiger partial charge on any atom is -0.320 e. The maximum atomic E-state index is 13.7. The Kier molecular flexibility index (Phi) is 4.10. The molecule has 2 aromatic rings. The molecular weight excluding hydrogens is 345 g/mol. The smallest absolute Gasteiger partial charge is 0.137 e. The van der Waals surface area contributed by atoms with Crippen molar-refractivity contribution >= 4 is 15.9 Å². The van der Waals surface area contributed by atoms with E-state index in [0.717, 1.165) is 12.1 Å². The predicted molar refractivity (Wildman–Crippen MR) is 66.4 cm³/mol. The summed E-state index contributed by atoms with van der Waals surface area (Å²) in [6.07, 6.45) is 0. The highest BCUT2D eigenvalue weighted by Gasteiger charge is 2.23. The Labute approximate surface area is 119 Å². The third kappa shape index (κ3) is 2.69. The molecule has 0 aliphatic heterocycles. The molecule has 0 bridgehead atoms. The lowest BCUT2D eigenvalue weighted by molar-refractivity contribution is 0.507. The van der Waals surface area contributed by atoms with Gasteiger partial charge in [-0.05, 0) is 28.1 Å². The summed E-state index contributed by atoms with van der Waals surface area (Å²) < 4.78 is 66.9. The minimum atomic E-state index is -1.60. The van der Waals surface area contributed by atoms with Gasteiger partial charge in [0.25, 0.3) is 0 Å². The molecule has 0 saturated carbocycles. The van der Waals surface area contributed by atoms with Crippen molar-refractivity contribution in [2.24, 2.45) is 5.73 Å². The zero-order chi connectivity index (χ0) is 15.0. The number of rotatable bonds is 2. The van der Waals surface area contributed by atoms with Crippen LogP contribution >= 0.6 is 15.9 Å². The maximum Gasteiger partial charge on any atom is 0.137 e. The molecule has 2 aromatic carbocycles. The zero-order valence-electron chi connectivity index (χ0n) is 9.73. The van der Waals surface area contributed by atoms with Gasteiger partial charge in [-0.3, -0.25) is 0 Å². The van der Waals surface area contributed by atoms with Crippen LogP contribution in [0.3, 0.4) is 0 Å². The van der Waals surface area contributed by atoms with Crippen molar-refractivity contribution in [2.45, 2.75) is 6.04 Å². The number of hydrogen-bond donors (Lipinski definition) is 1. The van der Waals surface area contributed by atoms with E-state index in [0.29, 0.717) is 12.1 Å². The van der Waals surface area contributed by atoms with E-state index in [4.69, 9.17) is 5.73 Å². The highest BCUT2D eigenvalue weighted by atomic mass is 79.9. The Hall–Kier alpha value is -1.47. The average Bonchev–Trinajstić information content (AvgIpc) is 2.32. The Morgan fingerprint density at radius 3 is 1.90 bits per heavy atom. The summed E-state index contributed by atoms with van der Waals surface area (Å²) in [5.74, 6) is -5.43. The van der Waals surface area contributed by atoms with E-state index >= 15 is 0 Å². The van der Waals surface area contributed by atoms with Crippen molar-refractivity contribution in [3.63, 3.8) is 0 Å². The predicted octanol–water partition coefficient (Wildman–Crippen LogP) is 4.19. The van der Waals surface area contributed by atoms with Crippen LogP contribution < -0.4 is 5.73 Å². The molecule has 1 atom stereocenters. The lowest BCUT2D eigenvalue weighted by atomic mass is 9.98. The van der Waals surface area contributed by atoms with Gasteiger partial charge in [0.2, 0.25) is 0 Å². The Morgan fingerprint density at radius 1 is 0.800 bits per heavy atom. The average molecular weight is 352 g/mol. The molecule has 0 saturated heterocycles. The molecule has 0 amide bonds. The van der Waals surface area contributed by atoms with Crippen LogP contribution in [0.25, 0.3) is 0 Å². The quantitative estimate of drug-likeness (QED) is 0.637. The molecule has 0 fully saturated rings. The molecule has 0 spiro atoms. The van der Waals surface area contributed by atoms with E-state index in [9.17, 15) is 22.0 Å². The van der Waals surface area contributed by atoms with E-state index < -0.39 is 46.3 Å². The SMILES string of the molecule is NC(c1cc(F)c(Br)cc1F)c1c(F)cc(F)cc1F. The monoisotopic (exact) mass is 351 g/mol. The van der Waals surface area contributed by atoms with Crippen LogP contribution in [-0.4, -0.2) is 0 Å². The molecule has 0 radical (unpaired) electrons. The van der Waals surface area contributed by atoms with Gasteiger partial charge in [0, 0.05) is 23.3 Å². The molecule has 2 N–H and O–H groups in total. The van der Waals surface area contributed by atoms with Crippen molar-refractivity contribution in [3.05, 3.63) is 69.0 Å². The number of hydrogen-bond acceptors (Lipinski definition) is 1. The third-order valence-corrected chi connectivity index (χ3v) is 3.34. The van der Waals surface area contributed by atoms with Gasteiger partial charge in [-0.1, -0.05) is 0 Å². The van der Waals surface area contributed by atoms with Crippen LogP contribution in [0.5, 0.6) is 0 Å². The molecule has 1 nitrogen and oxygen atoms in total. The summed E-state index contributed by atoms with van der Waals surface area (Å²) in [4.78, 5) is 0. The lowest BCUT2D eigenvalue weighted by Crippen LogP contribution is -2.18. The van der Waals surface area contributed by atoms with Crippen molar-refractivity contribution < 1.29 is 22.0 Å². The summed E-state index contributed by atoms with van der Waals surface area (Å²) in [5, 5.41) is 0. The number of nitrogens with two attached hydrogens (primary N) is 1. The molecule has 1 unspecified atom stereocenters. The fourth-order valence-corrected chi connectivity index (χ4v) is 2.10. The number of benzene rings is 2. The van der Waals surface area contributed by atoms with Gasteiger partial charge in [0.1, 0.15) is 29.1 Å². The normalized spacial score (nSPS) is 12.6. The first-order valence-corrected chi connectivity index (χ1v) is 6.15. The van der Waals surface area contributed by atoms with Crippen LogP contribution in [0.2, 0.25) is 0 Å². The topological polar surface area (TPSA) is 26.0 Å². The third-order valence-electron chi connectivity index (χ3n) is 2.73. The van der Waals surface area contributed by atoms with Crippen molar-refractivity contribution in [1.29, 1.82) is 0 Å². The standard InChI is InChI=1S/C13H7BrF5N/c14-7-4-8(16)6(3-9(7)17)13(20)12-10(18)1-5(15)2-11(12)19/h1-4,13H,20H2. The van der Waals surface area contributed by atoms with Gasteiger partial charge < -0.3 is 5.73 Å². The van der Waals surface area contributed by atoms with Crippen molar-refractivity contribution in [1.82, 2.24) is 0 Å². The van der Waals surface area contributed by atoms with E-state index in [1.165, 1.54) is 0 Å². The van der Waals surface area contributed by atoms with Gasteiger partial charge in [0.15, 0.2) is 0 Å². The first-order valence-electron chi connectivity index (χ1n) is 5.35. The van der Waals surface area contributed by atoms with Crippen LogP contribution in [-0.2, 0) is 0 Å². The fraction of sp³-hybridized carbons (Fsp3) is 0.0769. The van der Waals surface area contributed by atoms with Gasteiger partial charge in [-0.25, -0.2) is 22.0 Å². The second kappa shape index (κ2) is 5.49. The van der Waals surface area contributed by atoms with Gasteiger partial charge in [-0.15, -0.1) is 0 Å². The minimum absolute atomic E-state index is 0.147. The highest BCUT2D eigenvalue weighted by Crippen LogP contribution is 2.30. The van der Waals surface area contributed by atoms with Crippen LogP contribution in [0.1, 0.15) is 17.2 Å². The van der Waals surface area contributed by atoms with Crippen LogP contribution in [0, 0.1) is 29.1 Å². The Balaban J connectivity index is 2.57. The van der Waals surface area contributed by atoms with Crippen molar-refractivity contribution in [3.8, 4) is 0 Å². The molecule has 2 rings (SSSR count). The Morgan fingerprint density at radius 2 is 1.35 bits per heavy atom. The summed E-state index contributed by atoms with van der Waals surface area (Å²) in [7, 11) is 0. The number of halogens is 6. The Bertz CT molecular complexity index is 651. The van der Waals surface area contributed by atoms with Crippen LogP contribution in [0.15, 0.2) is 28.7 Å². The first-order chi connectivity index (χ1) is 9.31. The second-order valence-corrected chi connectivity index (χ2v) is 4.90. The van der Waals surface area contributed by atoms with E-state index in [1.54, 1.807) is 0 Å². The largest absolute Gasteiger partial charge is 0.320 e. The molecule has 0 aromatic heterocycles. The van der Waals surface area contributed by atoms with Gasteiger partial charge >= 0.3 is 0 Å². The van der Waals surface area contributed by atoms with Crippen molar-refractivity contribution in [2.75, 3.05) is 0 Å². The van der Waals surface area contributed by atoms with E-state index in [-0.39, 0.29) is 4.47 Å². The molecular formula is C13H7BrF5N.